The van der Waals surface area contributed by atoms with E-state index in [-0.39, 0.29) is 17.0 Å². The van der Waals surface area contributed by atoms with E-state index in [4.69, 9.17) is 4.74 Å². The summed E-state index contributed by atoms with van der Waals surface area (Å²) >= 11 is 0. The minimum Gasteiger partial charge on any atom is -0.493 e. The van der Waals surface area contributed by atoms with E-state index < -0.39 is 10.0 Å². The van der Waals surface area contributed by atoms with E-state index in [1.807, 2.05) is 40.0 Å². The van der Waals surface area contributed by atoms with Crippen LogP contribution < -0.4 is 9.46 Å². The lowest BCUT2D eigenvalue weighted by Gasteiger charge is -2.13. The Morgan fingerprint density at radius 1 is 1.32 bits per heavy atom. The molecule has 1 aromatic carbocycles. The second kappa shape index (κ2) is 6.80. The number of nitrogens with one attached hydrogen (secondary N) is 1. The molecule has 1 atom stereocenters. The molecule has 2 heterocycles. The van der Waals surface area contributed by atoms with Crippen LogP contribution in [-0.2, 0) is 29.9 Å². The summed E-state index contributed by atoms with van der Waals surface area (Å²) in [5.41, 5.74) is 2.29. The van der Waals surface area contributed by atoms with Gasteiger partial charge < -0.3 is 9.30 Å². The van der Waals surface area contributed by atoms with Crippen molar-refractivity contribution >= 4 is 10.0 Å². The SMILES string of the molecule is CC(Cc1ccc2c(c1)CCO2)NS(=O)(=O)c1cn(C)c(C(C)C)n1. The Morgan fingerprint density at radius 3 is 2.76 bits per heavy atom. The first kappa shape index (κ1) is 17.9. The first-order valence-electron chi connectivity index (χ1n) is 8.56. The van der Waals surface area contributed by atoms with Crippen LogP contribution >= 0.6 is 0 Å². The van der Waals surface area contributed by atoms with Crippen LogP contribution in [0, 0.1) is 0 Å². The van der Waals surface area contributed by atoms with Crippen molar-refractivity contribution in [2.75, 3.05) is 6.61 Å². The average molecular weight is 363 g/mol. The molecular formula is C18H25N3O3S. The summed E-state index contributed by atoms with van der Waals surface area (Å²) in [5.74, 6) is 1.86. The average Bonchev–Trinajstić information content (AvgIpc) is 3.12. The third kappa shape index (κ3) is 3.88. The van der Waals surface area contributed by atoms with Crippen LogP contribution in [0.25, 0.3) is 0 Å². The second-order valence-corrected chi connectivity index (χ2v) is 8.63. The molecule has 0 aliphatic carbocycles. The topological polar surface area (TPSA) is 73.2 Å². The fourth-order valence-electron chi connectivity index (χ4n) is 3.21. The summed E-state index contributed by atoms with van der Waals surface area (Å²) in [4.78, 5) is 4.28. The zero-order valence-corrected chi connectivity index (χ0v) is 15.9. The largest absolute Gasteiger partial charge is 0.493 e. The Bertz CT molecular complexity index is 872. The molecule has 25 heavy (non-hydrogen) atoms. The van der Waals surface area contributed by atoms with E-state index in [2.05, 4.69) is 15.8 Å². The lowest BCUT2D eigenvalue weighted by atomic mass is 10.0. The molecule has 0 fully saturated rings. The first-order valence-corrected chi connectivity index (χ1v) is 10.0. The standard InChI is InChI=1S/C18H25N3O3S/c1-12(2)18-19-17(11-21(18)4)25(22,23)20-13(3)9-14-5-6-16-15(10-14)7-8-24-16/h5-6,10-13,20H,7-9H2,1-4H3. The maximum absolute atomic E-state index is 12.6. The van der Waals surface area contributed by atoms with E-state index in [0.29, 0.717) is 6.42 Å². The number of aryl methyl sites for hydroxylation is 1. The smallest absolute Gasteiger partial charge is 0.259 e. The predicted octanol–water partition coefficient (Wildman–Crippen LogP) is 2.39. The highest BCUT2D eigenvalue weighted by Gasteiger charge is 2.23. The van der Waals surface area contributed by atoms with Crippen LogP contribution in [0.5, 0.6) is 5.75 Å². The number of aromatic nitrogens is 2. The molecule has 136 valence electrons. The van der Waals surface area contributed by atoms with Gasteiger partial charge in [0.1, 0.15) is 11.6 Å². The van der Waals surface area contributed by atoms with Gasteiger partial charge in [-0.3, -0.25) is 0 Å². The lowest BCUT2D eigenvalue weighted by Crippen LogP contribution is -2.34. The molecule has 1 aliphatic rings. The number of benzene rings is 1. The fraction of sp³-hybridized carbons (Fsp3) is 0.500. The van der Waals surface area contributed by atoms with Crippen LogP contribution in [0.2, 0.25) is 0 Å². The van der Waals surface area contributed by atoms with Crippen LogP contribution in [0.1, 0.15) is 43.6 Å². The van der Waals surface area contributed by atoms with Gasteiger partial charge in [-0.05, 0) is 30.5 Å². The van der Waals surface area contributed by atoms with Gasteiger partial charge in [-0.2, -0.15) is 0 Å². The molecule has 7 heteroatoms. The summed E-state index contributed by atoms with van der Waals surface area (Å²) < 4.78 is 35.2. The highest BCUT2D eigenvalue weighted by Crippen LogP contribution is 2.26. The zero-order chi connectivity index (χ0) is 18.2. The summed E-state index contributed by atoms with van der Waals surface area (Å²) in [6.07, 6.45) is 3.10. The van der Waals surface area contributed by atoms with Gasteiger partial charge in [0.25, 0.3) is 10.0 Å². The molecule has 1 N–H and O–H groups in total. The number of sulfonamides is 1. The van der Waals surface area contributed by atoms with Gasteiger partial charge in [-0.25, -0.2) is 18.1 Å². The highest BCUT2D eigenvalue weighted by atomic mass is 32.2. The van der Waals surface area contributed by atoms with Gasteiger partial charge in [0.2, 0.25) is 0 Å². The molecule has 1 aliphatic heterocycles. The van der Waals surface area contributed by atoms with Crippen LogP contribution in [0.15, 0.2) is 29.4 Å². The van der Waals surface area contributed by atoms with E-state index in [1.54, 1.807) is 10.8 Å². The summed E-state index contributed by atoms with van der Waals surface area (Å²) in [5, 5.41) is 0.0768. The molecule has 6 nitrogen and oxygen atoms in total. The molecule has 0 radical (unpaired) electrons. The molecule has 3 rings (SSSR count). The Morgan fingerprint density at radius 2 is 2.08 bits per heavy atom. The molecule has 0 spiro atoms. The number of hydrogen-bond donors (Lipinski definition) is 1. The van der Waals surface area contributed by atoms with Crippen molar-refractivity contribution in [2.45, 2.75) is 50.6 Å². The molecule has 1 unspecified atom stereocenters. The maximum atomic E-state index is 12.6. The number of fused-ring (bicyclic) bond motifs is 1. The zero-order valence-electron chi connectivity index (χ0n) is 15.1. The minimum atomic E-state index is -3.63. The predicted molar refractivity (Wildman–Crippen MR) is 96.4 cm³/mol. The van der Waals surface area contributed by atoms with Gasteiger partial charge >= 0.3 is 0 Å². The number of rotatable bonds is 6. The molecule has 0 saturated carbocycles. The Kier molecular flexibility index (Phi) is 4.88. The third-order valence-electron chi connectivity index (χ3n) is 4.33. The quantitative estimate of drug-likeness (QED) is 0.855. The van der Waals surface area contributed by atoms with Crippen molar-refractivity contribution in [3.63, 3.8) is 0 Å². The van der Waals surface area contributed by atoms with E-state index in [9.17, 15) is 8.42 Å². The summed E-state index contributed by atoms with van der Waals surface area (Å²) in [6, 6.07) is 5.83. The van der Waals surface area contributed by atoms with Crippen LogP contribution in [0.3, 0.4) is 0 Å². The summed E-state index contributed by atoms with van der Waals surface area (Å²) in [6.45, 7) is 6.57. The van der Waals surface area contributed by atoms with Crippen molar-refractivity contribution in [1.29, 1.82) is 0 Å². The number of nitrogens with zero attached hydrogens (tertiary/aromatic N) is 2. The maximum Gasteiger partial charge on any atom is 0.259 e. The van der Waals surface area contributed by atoms with Crippen molar-refractivity contribution < 1.29 is 13.2 Å². The van der Waals surface area contributed by atoms with Crippen LogP contribution in [-0.4, -0.2) is 30.6 Å². The lowest BCUT2D eigenvalue weighted by molar-refractivity contribution is 0.357. The molecular weight excluding hydrogens is 338 g/mol. The third-order valence-corrected chi connectivity index (χ3v) is 5.79. The Balaban J connectivity index is 1.71. The van der Waals surface area contributed by atoms with Gasteiger partial charge in [0.15, 0.2) is 5.03 Å². The van der Waals surface area contributed by atoms with E-state index in [0.717, 1.165) is 30.2 Å². The van der Waals surface area contributed by atoms with Gasteiger partial charge in [-0.1, -0.05) is 26.0 Å². The first-order chi connectivity index (χ1) is 11.8. The second-order valence-electron chi connectivity index (χ2n) is 6.97. The molecule has 0 saturated heterocycles. The molecule has 0 bridgehead atoms. The molecule has 0 amide bonds. The number of ether oxygens (including phenoxy) is 1. The number of imidazole rings is 1. The van der Waals surface area contributed by atoms with Gasteiger partial charge in [0, 0.05) is 31.6 Å². The van der Waals surface area contributed by atoms with Crippen LogP contribution in [0.4, 0.5) is 0 Å². The van der Waals surface area contributed by atoms with Gasteiger partial charge in [-0.15, -0.1) is 0 Å². The van der Waals surface area contributed by atoms with Crippen molar-refractivity contribution in [3.05, 3.63) is 41.3 Å². The minimum absolute atomic E-state index is 0.0768. The van der Waals surface area contributed by atoms with Crippen molar-refractivity contribution in [1.82, 2.24) is 14.3 Å². The fourth-order valence-corrected chi connectivity index (χ4v) is 4.45. The van der Waals surface area contributed by atoms with E-state index >= 15 is 0 Å². The van der Waals surface area contributed by atoms with E-state index in [1.165, 1.54) is 5.56 Å². The highest BCUT2D eigenvalue weighted by molar-refractivity contribution is 7.89. The van der Waals surface area contributed by atoms with Crippen molar-refractivity contribution in [2.24, 2.45) is 7.05 Å². The number of hydrogen-bond acceptors (Lipinski definition) is 4. The molecule has 2 aromatic rings. The monoisotopic (exact) mass is 363 g/mol. The normalized spacial score (nSPS) is 15.2. The Labute approximate surface area is 149 Å². The Hall–Kier alpha value is -1.86. The van der Waals surface area contributed by atoms with Gasteiger partial charge in [0.05, 0.1) is 6.61 Å². The summed E-state index contributed by atoms with van der Waals surface area (Å²) in [7, 11) is -1.82. The van der Waals surface area contributed by atoms with Crippen molar-refractivity contribution in [3.8, 4) is 5.75 Å². The molecule has 1 aromatic heterocycles.